The summed E-state index contributed by atoms with van der Waals surface area (Å²) in [4.78, 5) is 32.8. The number of phosphoric ester groups is 2. The van der Waals surface area contributed by atoms with E-state index in [-0.39, 0.29) is 13.2 Å². The molecule has 0 fully saturated rings. The van der Waals surface area contributed by atoms with Gasteiger partial charge in [-0.3, -0.25) is 27.4 Å². The molecule has 0 radical (unpaired) electrons. The van der Waals surface area contributed by atoms with E-state index in [2.05, 4.69) is 6.92 Å². The molecule has 4 unspecified atom stereocenters. The molecule has 0 aliphatic rings. The molecule has 0 spiro atoms. The molecule has 0 aliphatic heterocycles. The van der Waals surface area contributed by atoms with E-state index in [1.165, 1.54) is 97.8 Å². The van der Waals surface area contributed by atoms with Crippen molar-refractivity contribution in [2.75, 3.05) is 40.1 Å². The highest BCUT2D eigenvalue weighted by Crippen LogP contribution is 2.49. The van der Waals surface area contributed by atoms with Gasteiger partial charge in [-0.15, -0.1) is 0 Å². The molecule has 42 heavy (non-hydrogen) atoms. The van der Waals surface area contributed by atoms with E-state index in [9.17, 15) is 23.6 Å². The van der Waals surface area contributed by atoms with E-state index in [1.807, 2.05) is 0 Å². The first-order valence-corrected chi connectivity index (χ1v) is 18.3. The predicted molar refractivity (Wildman–Crippen MR) is 160 cm³/mol. The topological polar surface area (TPSA) is 153 Å². The van der Waals surface area contributed by atoms with Crippen LogP contribution in [0.4, 0.5) is 0 Å². The van der Waals surface area contributed by atoms with Crippen molar-refractivity contribution in [2.45, 2.75) is 130 Å². The van der Waals surface area contributed by atoms with E-state index < -0.39 is 52.8 Å². The molecule has 0 heterocycles. The summed E-state index contributed by atoms with van der Waals surface area (Å²) >= 11 is 0. The number of carbonyl (C=O) groups is 2. The quantitative estimate of drug-likeness (QED) is 0.0473. The van der Waals surface area contributed by atoms with Gasteiger partial charge in [-0.05, 0) is 27.2 Å². The van der Waals surface area contributed by atoms with E-state index >= 15 is 0 Å². The summed E-state index contributed by atoms with van der Waals surface area (Å²) in [5.41, 5.74) is 0. The molecule has 0 saturated carbocycles. The van der Waals surface area contributed by atoms with Gasteiger partial charge in [0.15, 0.2) is 18.0 Å². The van der Waals surface area contributed by atoms with Crippen molar-refractivity contribution in [1.29, 1.82) is 0 Å². The number of carbonyl (C=O) groups excluding carboxylic acids is 2. The second kappa shape index (κ2) is 25.6. The molecule has 0 rings (SSSR count). The maximum Gasteiger partial charge on any atom is 0.474 e. The van der Waals surface area contributed by atoms with Crippen molar-refractivity contribution < 1.29 is 55.7 Å². The molecule has 0 bridgehead atoms. The Balaban J connectivity index is 3.83. The van der Waals surface area contributed by atoms with Crippen LogP contribution in [-0.2, 0) is 50.8 Å². The predicted octanol–water partition coefficient (Wildman–Crippen LogP) is 7.31. The van der Waals surface area contributed by atoms with E-state index in [1.54, 1.807) is 0 Å². The van der Waals surface area contributed by atoms with Gasteiger partial charge in [-0.2, -0.15) is 0 Å². The van der Waals surface area contributed by atoms with Crippen LogP contribution < -0.4 is 0 Å². The molecule has 0 amide bonds. The molecule has 4 atom stereocenters. The Morgan fingerprint density at radius 1 is 0.667 bits per heavy atom. The number of ether oxygens (including phenoxy) is 2. The summed E-state index contributed by atoms with van der Waals surface area (Å²) in [6.07, 6.45) is 15.5. The van der Waals surface area contributed by atoms with Crippen LogP contribution in [0, 0.1) is 0 Å². The Morgan fingerprint density at radius 3 is 1.60 bits per heavy atom. The summed E-state index contributed by atoms with van der Waals surface area (Å²) in [6, 6.07) is 0. The normalized spacial score (nSPS) is 16.0. The maximum atomic E-state index is 12.5. The lowest BCUT2D eigenvalue weighted by atomic mass is 10.0. The molecule has 0 aromatic rings. The molecule has 250 valence electrons. The minimum Gasteiger partial charge on any atom is -0.453 e. The third kappa shape index (κ3) is 23.7. The van der Waals surface area contributed by atoms with E-state index in [4.69, 9.17) is 32.1 Å². The first-order valence-electron chi connectivity index (χ1n) is 15.4. The van der Waals surface area contributed by atoms with Crippen LogP contribution in [0.1, 0.15) is 118 Å². The van der Waals surface area contributed by atoms with Crippen molar-refractivity contribution in [3.05, 3.63) is 0 Å². The lowest BCUT2D eigenvalue weighted by molar-refractivity contribution is -0.160. The van der Waals surface area contributed by atoms with Gasteiger partial charge in [0.2, 0.25) is 0 Å². The summed E-state index contributed by atoms with van der Waals surface area (Å²) in [5, 5.41) is 0. The molecule has 12 nitrogen and oxygen atoms in total. The molecule has 1 N–H and O–H groups in total. The van der Waals surface area contributed by atoms with Crippen molar-refractivity contribution >= 4 is 27.4 Å². The summed E-state index contributed by atoms with van der Waals surface area (Å²) in [7, 11) is -7.45. The minimum absolute atomic E-state index is 0.0233. The Morgan fingerprint density at radius 2 is 1.12 bits per heavy atom. The number of Topliss-reactive ketones (excluding diaryl/α,β-unsaturated/α-hetero) is 1. The van der Waals surface area contributed by atoms with Gasteiger partial charge in [0.25, 0.3) is 0 Å². The smallest absolute Gasteiger partial charge is 0.453 e. The molecule has 0 saturated heterocycles. The minimum atomic E-state index is -4.67. The molecule has 0 aromatic carbocycles. The first-order chi connectivity index (χ1) is 20.0. The summed E-state index contributed by atoms with van der Waals surface area (Å²) in [6.45, 7) is 5.87. The van der Waals surface area contributed by atoms with Crippen LogP contribution in [0.15, 0.2) is 0 Å². The van der Waals surface area contributed by atoms with Crippen molar-refractivity contribution in [3.63, 3.8) is 0 Å². The van der Waals surface area contributed by atoms with Gasteiger partial charge in [-0.25, -0.2) is 13.9 Å². The van der Waals surface area contributed by atoms with Crippen LogP contribution in [0.5, 0.6) is 0 Å². The molecular formula is C28H56O12P2. The highest BCUT2D eigenvalue weighted by atomic mass is 31.2. The van der Waals surface area contributed by atoms with Gasteiger partial charge in [0.05, 0.1) is 26.4 Å². The fourth-order valence-electron chi connectivity index (χ4n) is 3.78. The van der Waals surface area contributed by atoms with Gasteiger partial charge >= 0.3 is 21.6 Å². The van der Waals surface area contributed by atoms with Crippen LogP contribution >= 0.6 is 15.6 Å². The maximum absolute atomic E-state index is 12.5. The Hall–Kier alpha value is -0.680. The number of hydrogen-bond acceptors (Lipinski definition) is 11. The Bertz CT molecular complexity index is 795. The third-order valence-electron chi connectivity index (χ3n) is 6.42. The van der Waals surface area contributed by atoms with E-state index in [0.29, 0.717) is 6.61 Å². The molecule has 14 heteroatoms. The third-order valence-corrected chi connectivity index (χ3v) is 8.96. The van der Waals surface area contributed by atoms with Gasteiger partial charge in [0.1, 0.15) is 0 Å². The summed E-state index contributed by atoms with van der Waals surface area (Å²) in [5.74, 6) is -1.40. The second-order valence-corrected chi connectivity index (χ2v) is 13.4. The largest absolute Gasteiger partial charge is 0.474 e. The fourth-order valence-corrected chi connectivity index (χ4v) is 5.51. The number of unbranched alkanes of at least 4 members (excludes halogenated alkanes) is 13. The van der Waals surface area contributed by atoms with Gasteiger partial charge in [-0.1, -0.05) is 90.4 Å². The number of hydrogen-bond donors (Lipinski definition) is 1. The molecule has 0 aromatic heterocycles. The fraction of sp³-hybridized carbons (Fsp3) is 0.929. The monoisotopic (exact) mass is 646 g/mol. The number of ketones is 1. The van der Waals surface area contributed by atoms with Crippen LogP contribution in [0.3, 0.4) is 0 Å². The lowest BCUT2D eigenvalue weighted by Gasteiger charge is -2.19. The number of esters is 1. The van der Waals surface area contributed by atoms with Crippen LogP contribution in [0.2, 0.25) is 0 Å². The van der Waals surface area contributed by atoms with Crippen LogP contribution in [-0.4, -0.2) is 69.0 Å². The number of rotatable bonds is 30. The Labute approximate surface area is 253 Å². The van der Waals surface area contributed by atoms with Crippen LogP contribution in [0.25, 0.3) is 0 Å². The van der Waals surface area contributed by atoms with Gasteiger partial charge < -0.3 is 14.4 Å². The molecule has 0 aliphatic carbocycles. The highest BCUT2D eigenvalue weighted by Gasteiger charge is 2.31. The zero-order valence-corrected chi connectivity index (χ0v) is 28.2. The average molecular weight is 647 g/mol. The van der Waals surface area contributed by atoms with Gasteiger partial charge in [0, 0.05) is 13.7 Å². The second-order valence-electron chi connectivity index (χ2n) is 10.2. The zero-order valence-electron chi connectivity index (χ0n) is 26.4. The SMILES string of the molecule is CCCCCCCCCCCCCCCCOCCOP(=O)(OC)OCCOP(=O)(O)OC(C)C(=O)OC(C)C(C)=O. The van der Waals surface area contributed by atoms with E-state index in [0.717, 1.165) is 20.0 Å². The van der Waals surface area contributed by atoms with Crippen molar-refractivity contribution in [3.8, 4) is 0 Å². The standard InChI is InChI=1S/C28H56O12P2/c1-6-7-8-9-10-11-12-13-14-15-16-17-18-19-20-35-21-22-37-42(33,34-5)38-24-23-36-41(31,32)40-27(4)28(30)39-26(3)25(2)29/h26-27H,6-24H2,1-5H3,(H,31,32). The summed E-state index contributed by atoms with van der Waals surface area (Å²) < 4.78 is 59.3. The molecular weight excluding hydrogens is 590 g/mol. The number of phosphoric acid groups is 2. The average Bonchev–Trinajstić information content (AvgIpc) is 2.94. The Kier molecular flexibility index (Phi) is 25.2. The lowest BCUT2D eigenvalue weighted by Crippen LogP contribution is -2.29. The highest BCUT2D eigenvalue weighted by molar-refractivity contribution is 7.48. The zero-order chi connectivity index (χ0) is 31.7. The van der Waals surface area contributed by atoms with Crippen molar-refractivity contribution in [2.24, 2.45) is 0 Å². The van der Waals surface area contributed by atoms with Crippen molar-refractivity contribution in [1.82, 2.24) is 0 Å². The first kappa shape index (κ1) is 41.3.